The summed E-state index contributed by atoms with van der Waals surface area (Å²) in [7, 11) is 2.35. The smallest absolute Gasteiger partial charge is 0.407 e. The van der Waals surface area contributed by atoms with Gasteiger partial charge in [-0.2, -0.15) is 0 Å². The lowest BCUT2D eigenvalue weighted by Gasteiger charge is -2.37. The number of carbonyl (C=O) groups excluding carboxylic acids is 6. The largest absolute Gasteiger partial charge is 0.453 e. The number of aliphatic hydroxyl groups excluding tert-OH is 2. The van der Waals surface area contributed by atoms with Crippen molar-refractivity contribution < 1.29 is 52.8 Å². The lowest BCUT2D eigenvalue weighted by molar-refractivity contribution is -0.139. The number of alkyl carbamates (subject to hydrolysis) is 2. The number of methoxy groups -OCH3 is 2. The predicted molar refractivity (Wildman–Crippen MR) is 240 cm³/mol. The summed E-state index contributed by atoms with van der Waals surface area (Å²) in [5.74, 6) is -2.64. The molecule has 6 rings (SSSR count). The summed E-state index contributed by atoms with van der Waals surface area (Å²) < 4.78 is 23.9. The molecule has 0 radical (unpaired) electrons. The number of likely N-dealkylation sites (tertiary alicyclic amines) is 2. The zero-order chi connectivity index (χ0) is 48.2. The molecule has 3 aliphatic rings. The maximum Gasteiger partial charge on any atom is 0.407 e. The highest BCUT2D eigenvalue weighted by Gasteiger charge is 2.47. The Morgan fingerprint density at radius 1 is 0.621 bits per heavy atom. The van der Waals surface area contributed by atoms with Crippen LogP contribution in [0, 0.1) is 16.6 Å². The highest BCUT2D eigenvalue weighted by atomic mass is 19.1. The first kappa shape index (κ1) is 49.2. The van der Waals surface area contributed by atoms with Crippen LogP contribution in [0.3, 0.4) is 0 Å². The molecular formula is C48H62FN7O10. The maximum absolute atomic E-state index is 14.3. The Morgan fingerprint density at radius 2 is 0.955 bits per heavy atom. The molecule has 356 valence electrons. The van der Waals surface area contributed by atoms with Crippen LogP contribution in [-0.2, 0) is 28.7 Å². The molecule has 3 heterocycles. The molecular weight excluding hydrogens is 854 g/mol. The summed E-state index contributed by atoms with van der Waals surface area (Å²) in [4.78, 5) is 82.5. The number of benzene rings is 3. The quantitative estimate of drug-likeness (QED) is 0.125. The van der Waals surface area contributed by atoms with Crippen molar-refractivity contribution in [2.45, 2.75) is 115 Å². The van der Waals surface area contributed by atoms with Gasteiger partial charge in [-0.25, -0.2) is 14.0 Å². The van der Waals surface area contributed by atoms with Crippen molar-refractivity contribution in [3.63, 3.8) is 0 Å². The van der Waals surface area contributed by atoms with Gasteiger partial charge < -0.3 is 56.5 Å². The number of nitrogens with two attached hydrogens (primary N) is 2. The van der Waals surface area contributed by atoms with Crippen LogP contribution in [0.1, 0.15) is 113 Å². The molecule has 3 aromatic rings. The second-order valence-electron chi connectivity index (χ2n) is 19.0. The molecule has 8 atom stereocenters. The van der Waals surface area contributed by atoms with Crippen LogP contribution in [0.2, 0.25) is 0 Å². The number of ether oxygens (including phenoxy) is 2. The van der Waals surface area contributed by atoms with Crippen LogP contribution in [0.5, 0.6) is 0 Å². The van der Waals surface area contributed by atoms with E-state index in [-0.39, 0.29) is 56.7 Å². The van der Waals surface area contributed by atoms with E-state index in [4.69, 9.17) is 20.9 Å². The number of anilines is 1. The first-order valence-corrected chi connectivity index (χ1v) is 22.1. The third-order valence-corrected chi connectivity index (χ3v) is 13.3. The van der Waals surface area contributed by atoms with Gasteiger partial charge in [0.2, 0.25) is 23.6 Å². The molecule has 3 saturated heterocycles. The fraction of sp³-hybridized carbons (Fsp3) is 0.500. The first-order valence-electron chi connectivity index (χ1n) is 22.1. The Labute approximate surface area is 383 Å². The number of hydrogen-bond acceptors (Lipinski definition) is 11. The van der Waals surface area contributed by atoms with Gasteiger partial charge in [0.05, 0.1) is 50.6 Å². The molecule has 18 heteroatoms. The number of β-amino-alcohol motifs (C(OH)–C–C–N with tert-alkyl or cyclic N) is 2. The minimum Gasteiger partial charge on any atom is -0.453 e. The molecule has 0 saturated carbocycles. The van der Waals surface area contributed by atoms with Gasteiger partial charge in [-0.1, -0.05) is 76.2 Å². The molecule has 17 nitrogen and oxygen atoms in total. The normalized spacial score (nSPS) is 23.0. The Hall–Kier alpha value is -6.27. The topological polar surface area (TPSA) is 247 Å². The fourth-order valence-corrected chi connectivity index (χ4v) is 10.0. The van der Waals surface area contributed by atoms with Crippen molar-refractivity contribution in [2.24, 2.45) is 22.3 Å². The van der Waals surface area contributed by atoms with E-state index >= 15 is 0 Å². The fourth-order valence-electron chi connectivity index (χ4n) is 10.0. The van der Waals surface area contributed by atoms with Gasteiger partial charge in [0.1, 0.15) is 17.9 Å². The van der Waals surface area contributed by atoms with Crippen LogP contribution in [0.15, 0.2) is 72.8 Å². The van der Waals surface area contributed by atoms with Crippen LogP contribution in [-0.4, -0.2) is 107 Å². The number of halogens is 1. The molecule has 3 aliphatic heterocycles. The summed E-state index contributed by atoms with van der Waals surface area (Å²) in [6, 6.07) is 18.2. The van der Waals surface area contributed by atoms with Gasteiger partial charge in [-0.05, 0) is 72.2 Å². The molecule has 0 aromatic heterocycles. The van der Waals surface area contributed by atoms with Crippen LogP contribution in [0.25, 0.3) is 0 Å². The van der Waals surface area contributed by atoms with Gasteiger partial charge in [0.25, 0.3) is 0 Å². The van der Waals surface area contributed by atoms with E-state index in [1.54, 1.807) is 39.8 Å². The van der Waals surface area contributed by atoms with Gasteiger partial charge in [-0.15, -0.1) is 0 Å². The summed E-state index contributed by atoms with van der Waals surface area (Å²) >= 11 is 0. The summed E-state index contributed by atoms with van der Waals surface area (Å²) in [5.41, 5.74) is 13.1. The standard InChI is InChI=1S/C48H62FN7O10/c1-47(2,23-39(50)59)41(52-45(63)65-5)43(61)54-25-33(57)21-37(54)29-11-7-27(8-12-29)35-19-20-36(56(35)32-17-15-31(49)16-18-32)28-9-13-30(14-10-28)38-22-34(58)26-55(38)44(62)42(53-46(64)66-6)48(3,4)24-40(51)60/h7-18,33-38,41-42,57-58H,19-26H2,1-6H3,(H2,50,59)(H2,51,60)(H,52,63)(H,53,64)/t33-,34-,35+,36+,37-,38-,41+,42+/m0/s1. The van der Waals surface area contributed by atoms with Crippen molar-refractivity contribution in [1.29, 1.82) is 0 Å². The third kappa shape index (κ3) is 10.9. The van der Waals surface area contributed by atoms with E-state index in [1.807, 2.05) is 48.5 Å². The second-order valence-corrected chi connectivity index (χ2v) is 19.0. The number of primary amides is 2. The van der Waals surface area contributed by atoms with Gasteiger partial charge >= 0.3 is 12.2 Å². The van der Waals surface area contributed by atoms with Gasteiger partial charge in [-0.3, -0.25) is 19.2 Å². The summed E-state index contributed by atoms with van der Waals surface area (Å²) in [5, 5.41) is 26.9. The number of carbonyl (C=O) groups is 6. The number of rotatable bonds is 15. The van der Waals surface area contributed by atoms with E-state index in [0.29, 0.717) is 0 Å². The van der Waals surface area contributed by atoms with E-state index in [1.165, 1.54) is 36.2 Å². The van der Waals surface area contributed by atoms with Crippen molar-refractivity contribution in [2.75, 3.05) is 32.2 Å². The molecule has 0 bridgehead atoms. The molecule has 0 unspecified atom stereocenters. The number of nitrogens with zero attached hydrogens (tertiary/aromatic N) is 3. The summed E-state index contributed by atoms with van der Waals surface area (Å²) in [6.45, 7) is 6.64. The molecule has 0 spiro atoms. The molecule has 3 aromatic carbocycles. The second kappa shape index (κ2) is 20.1. The highest BCUT2D eigenvalue weighted by molar-refractivity contribution is 5.89. The number of aliphatic hydroxyl groups is 2. The lowest BCUT2D eigenvalue weighted by atomic mass is 9.80. The van der Waals surface area contributed by atoms with Gasteiger partial charge in [0.15, 0.2) is 0 Å². The first-order chi connectivity index (χ1) is 31.1. The van der Waals surface area contributed by atoms with Crippen molar-refractivity contribution in [3.8, 4) is 0 Å². The van der Waals surface area contributed by atoms with Crippen molar-refractivity contribution >= 4 is 41.5 Å². The molecule has 6 amide bonds. The summed E-state index contributed by atoms with van der Waals surface area (Å²) in [6.07, 6.45) is -1.79. The van der Waals surface area contributed by atoms with E-state index < -0.39 is 83.0 Å². The third-order valence-electron chi connectivity index (χ3n) is 13.3. The van der Waals surface area contributed by atoms with Crippen LogP contribution < -0.4 is 27.0 Å². The minimum atomic E-state index is -1.18. The van der Waals surface area contributed by atoms with Crippen LogP contribution >= 0.6 is 0 Å². The van der Waals surface area contributed by atoms with Gasteiger partial charge in [0, 0.05) is 42.4 Å². The number of amides is 6. The van der Waals surface area contributed by atoms with Crippen LogP contribution in [0.4, 0.5) is 19.7 Å². The molecule has 8 N–H and O–H groups in total. The minimum absolute atomic E-state index is 0.0105. The van der Waals surface area contributed by atoms with E-state index in [9.17, 15) is 43.4 Å². The zero-order valence-corrected chi connectivity index (χ0v) is 38.2. The monoisotopic (exact) mass is 915 g/mol. The Bertz CT molecular complexity index is 2120. The Morgan fingerprint density at radius 3 is 1.27 bits per heavy atom. The molecule has 0 aliphatic carbocycles. The Kier molecular flexibility index (Phi) is 15.0. The predicted octanol–water partition coefficient (Wildman–Crippen LogP) is 4.43. The van der Waals surface area contributed by atoms with Crippen molar-refractivity contribution in [1.82, 2.24) is 20.4 Å². The number of nitrogens with one attached hydrogen (secondary N) is 2. The average molecular weight is 916 g/mol. The Balaban J connectivity index is 1.26. The lowest BCUT2D eigenvalue weighted by Crippen LogP contribution is -2.56. The van der Waals surface area contributed by atoms with E-state index in [0.717, 1.165) is 40.8 Å². The number of hydrogen-bond donors (Lipinski definition) is 6. The SMILES string of the molecule is COC(=O)N[C@H](C(=O)N1C[C@@H](O)C[C@H]1c1ccc([C@H]2CC[C@H](c3ccc([C@@H]4C[C@H](O)CN4C(=O)[C@@H](NC(=O)OC)C(C)(C)CC(N)=O)cc3)N2c2ccc(F)cc2)cc1)C(C)(C)CC(N)=O. The highest BCUT2D eigenvalue weighted by Crippen LogP contribution is 2.48. The average Bonchev–Trinajstić information content (AvgIpc) is 4.00. The van der Waals surface area contributed by atoms with E-state index in [2.05, 4.69) is 15.5 Å². The molecule has 3 fully saturated rings. The maximum atomic E-state index is 14.3. The molecule has 66 heavy (non-hydrogen) atoms. The van der Waals surface area contributed by atoms with Crippen molar-refractivity contribution in [3.05, 3.63) is 101 Å². The zero-order valence-electron chi connectivity index (χ0n) is 38.2.